The minimum atomic E-state index is 0.776. The van der Waals surface area contributed by atoms with Crippen LogP contribution in [0.25, 0.3) is 0 Å². The Morgan fingerprint density at radius 1 is 1.32 bits per heavy atom. The van der Waals surface area contributed by atoms with E-state index in [2.05, 4.69) is 30.8 Å². The van der Waals surface area contributed by atoms with Crippen LogP contribution in [0, 0.1) is 5.92 Å². The molecule has 3 heteroatoms. The average Bonchev–Trinajstić information content (AvgIpc) is 2.39. The number of nitrogens with zero attached hydrogens (tertiary/aromatic N) is 2. The van der Waals surface area contributed by atoms with Crippen molar-refractivity contribution in [3.63, 3.8) is 0 Å². The molecule has 114 valence electrons. The summed E-state index contributed by atoms with van der Waals surface area (Å²) in [5.41, 5.74) is 5.71. The van der Waals surface area contributed by atoms with E-state index < -0.39 is 0 Å². The Morgan fingerprint density at radius 3 is 2.74 bits per heavy atom. The zero-order chi connectivity index (χ0) is 14.1. The number of likely N-dealkylation sites (N-methyl/N-ethyl adjacent to an activating group) is 2. The summed E-state index contributed by atoms with van der Waals surface area (Å²) in [6.45, 7) is 6.92. The van der Waals surface area contributed by atoms with E-state index in [1.165, 1.54) is 64.6 Å². The Morgan fingerprint density at radius 2 is 2.11 bits per heavy atom. The first-order valence-electron chi connectivity index (χ1n) is 8.26. The van der Waals surface area contributed by atoms with Crippen LogP contribution in [0.2, 0.25) is 0 Å². The third kappa shape index (κ3) is 6.73. The highest BCUT2D eigenvalue weighted by atomic mass is 15.2. The van der Waals surface area contributed by atoms with Crippen LogP contribution in [0.3, 0.4) is 0 Å². The fourth-order valence-electron chi connectivity index (χ4n) is 3.39. The smallest absolute Gasteiger partial charge is 0.0220 e. The predicted molar refractivity (Wildman–Crippen MR) is 84.5 cm³/mol. The molecular weight excluding hydrogens is 234 g/mol. The molecule has 1 rings (SSSR count). The molecule has 0 saturated carbocycles. The van der Waals surface area contributed by atoms with Crippen molar-refractivity contribution in [3.05, 3.63) is 0 Å². The SMILES string of the molecule is CCCC(CCN)CCCN(C)C1CCCN(C)C1. The van der Waals surface area contributed by atoms with Gasteiger partial charge in [0.2, 0.25) is 0 Å². The number of nitrogens with two attached hydrogens (primary N) is 1. The molecule has 1 saturated heterocycles. The van der Waals surface area contributed by atoms with E-state index in [-0.39, 0.29) is 0 Å². The van der Waals surface area contributed by atoms with Crippen LogP contribution in [-0.2, 0) is 0 Å². The molecule has 1 heterocycles. The number of hydrogen-bond donors (Lipinski definition) is 1. The van der Waals surface area contributed by atoms with Crippen LogP contribution in [0.1, 0.15) is 51.9 Å². The maximum atomic E-state index is 5.71. The van der Waals surface area contributed by atoms with Gasteiger partial charge < -0.3 is 15.5 Å². The first-order valence-corrected chi connectivity index (χ1v) is 8.26. The highest BCUT2D eigenvalue weighted by Crippen LogP contribution is 2.19. The highest BCUT2D eigenvalue weighted by molar-refractivity contribution is 4.77. The predicted octanol–water partition coefficient (Wildman–Crippen LogP) is 2.56. The molecule has 1 aliphatic rings. The van der Waals surface area contributed by atoms with Gasteiger partial charge >= 0.3 is 0 Å². The van der Waals surface area contributed by atoms with Gasteiger partial charge in [-0.15, -0.1) is 0 Å². The van der Waals surface area contributed by atoms with Crippen molar-refractivity contribution in [3.8, 4) is 0 Å². The van der Waals surface area contributed by atoms with Gasteiger partial charge in [0.15, 0.2) is 0 Å². The van der Waals surface area contributed by atoms with Gasteiger partial charge in [0.05, 0.1) is 0 Å². The van der Waals surface area contributed by atoms with Crippen LogP contribution < -0.4 is 5.73 Å². The summed E-state index contributed by atoms with van der Waals surface area (Å²) in [5.74, 6) is 0.859. The Balaban J connectivity index is 2.19. The van der Waals surface area contributed by atoms with Gasteiger partial charge in [-0.1, -0.05) is 19.8 Å². The normalized spacial score (nSPS) is 22.9. The number of hydrogen-bond acceptors (Lipinski definition) is 3. The molecule has 0 bridgehead atoms. The van der Waals surface area contributed by atoms with E-state index in [1.54, 1.807) is 0 Å². The third-order valence-corrected chi connectivity index (χ3v) is 4.62. The number of likely N-dealkylation sites (tertiary alicyclic amines) is 1. The lowest BCUT2D eigenvalue weighted by atomic mass is 9.94. The van der Waals surface area contributed by atoms with Crippen LogP contribution in [0.15, 0.2) is 0 Å². The van der Waals surface area contributed by atoms with E-state index >= 15 is 0 Å². The molecule has 0 aromatic rings. The fourth-order valence-corrected chi connectivity index (χ4v) is 3.39. The van der Waals surface area contributed by atoms with Crippen molar-refractivity contribution in [2.75, 3.05) is 40.3 Å². The van der Waals surface area contributed by atoms with E-state index in [1.807, 2.05) is 0 Å². The van der Waals surface area contributed by atoms with Gasteiger partial charge in [-0.05, 0) is 71.8 Å². The topological polar surface area (TPSA) is 32.5 Å². The molecule has 0 spiro atoms. The molecule has 0 amide bonds. The quantitative estimate of drug-likeness (QED) is 0.698. The zero-order valence-corrected chi connectivity index (χ0v) is 13.4. The summed E-state index contributed by atoms with van der Waals surface area (Å²) in [6, 6.07) is 0.776. The molecule has 1 fully saturated rings. The van der Waals surface area contributed by atoms with E-state index in [4.69, 9.17) is 5.73 Å². The van der Waals surface area contributed by atoms with Crippen LogP contribution in [-0.4, -0.2) is 56.1 Å². The van der Waals surface area contributed by atoms with Crippen molar-refractivity contribution in [1.82, 2.24) is 9.80 Å². The average molecular weight is 269 g/mol. The summed E-state index contributed by atoms with van der Waals surface area (Å²) in [5, 5.41) is 0. The molecule has 0 aromatic carbocycles. The van der Waals surface area contributed by atoms with Crippen LogP contribution in [0.4, 0.5) is 0 Å². The lowest BCUT2D eigenvalue weighted by molar-refractivity contribution is 0.131. The number of piperidine rings is 1. The van der Waals surface area contributed by atoms with Crippen LogP contribution >= 0.6 is 0 Å². The molecule has 2 N–H and O–H groups in total. The monoisotopic (exact) mass is 269 g/mol. The van der Waals surface area contributed by atoms with Crippen molar-refractivity contribution < 1.29 is 0 Å². The summed E-state index contributed by atoms with van der Waals surface area (Å²) in [6.07, 6.45) is 9.29. The van der Waals surface area contributed by atoms with Gasteiger partial charge in [0.1, 0.15) is 0 Å². The first-order chi connectivity index (χ1) is 9.17. The fraction of sp³-hybridized carbons (Fsp3) is 1.00. The maximum Gasteiger partial charge on any atom is 0.0220 e. The molecule has 0 aliphatic carbocycles. The maximum absolute atomic E-state index is 5.71. The molecular formula is C16H35N3. The molecule has 2 unspecified atom stereocenters. The van der Waals surface area contributed by atoms with E-state index in [0.717, 1.165) is 18.5 Å². The molecule has 0 aromatic heterocycles. The Kier molecular flexibility index (Phi) is 8.67. The second-order valence-electron chi connectivity index (χ2n) is 6.41. The summed E-state index contributed by atoms with van der Waals surface area (Å²) in [7, 11) is 4.56. The highest BCUT2D eigenvalue weighted by Gasteiger charge is 2.20. The molecule has 0 radical (unpaired) electrons. The van der Waals surface area contributed by atoms with Gasteiger partial charge in [0.25, 0.3) is 0 Å². The first kappa shape index (κ1) is 16.9. The van der Waals surface area contributed by atoms with Crippen molar-refractivity contribution in [2.45, 2.75) is 57.9 Å². The van der Waals surface area contributed by atoms with Gasteiger partial charge in [-0.3, -0.25) is 0 Å². The standard InChI is InChI=1S/C16H35N3/c1-4-7-15(10-11-17)8-5-13-19(3)16-9-6-12-18(2)14-16/h15-16H,4-14,17H2,1-3H3. The van der Waals surface area contributed by atoms with Crippen molar-refractivity contribution >= 4 is 0 Å². The lowest BCUT2D eigenvalue weighted by Gasteiger charge is -2.36. The lowest BCUT2D eigenvalue weighted by Crippen LogP contribution is -2.45. The van der Waals surface area contributed by atoms with Crippen LogP contribution in [0.5, 0.6) is 0 Å². The Hall–Kier alpha value is -0.120. The summed E-state index contributed by atoms with van der Waals surface area (Å²) in [4.78, 5) is 5.06. The Labute approximate surface area is 120 Å². The largest absolute Gasteiger partial charge is 0.330 e. The summed E-state index contributed by atoms with van der Waals surface area (Å²) < 4.78 is 0. The minimum absolute atomic E-state index is 0.776. The Bertz CT molecular complexity index is 214. The van der Waals surface area contributed by atoms with E-state index in [9.17, 15) is 0 Å². The minimum Gasteiger partial charge on any atom is -0.330 e. The second-order valence-corrected chi connectivity index (χ2v) is 6.41. The van der Waals surface area contributed by atoms with Gasteiger partial charge in [-0.2, -0.15) is 0 Å². The van der Waals surface area contributed by atoms with Crippen molar-refractivity contribution in [1.29, 1.82) is 0 Å². The van der Waals surface area contributed by atoms with E-state index in [0.29, 0.717) is 0 Å². The second kappa shape index (κ2) is 9.73. The number of rotatable bonds is 9. The molecule has 19 heavy (non-hydrogen) atoms. The van der Waals surface area contributed by atoms with Crippen molar-refractivity contribution in [2.24, 2.45) is 11.7 Å². The molecule has 3 nitrogen and oxygen atoms in total. The molecule has 2 atom stereocenters. The summed E-state index contributed by atoms with van der Waals surface area (Å²) >= 11 is 0. The van der Waals surface area contributed by atoms with Gasteiger partial charge in [-0.25, -0.2) is 0 Å². The zero-order valence-electron chi connectivity index (χ0n) is 13.4. The molecule has 1 aliphatic heterocycles. The third-order valence-electron chi connectivity index (χ3n) is 4.62. The van der Waals surface area contributed by atoms with Gasteiger partial charge in [0, 0.05) is 12.6 Å².